The zero-order valence-electron chi connectivity index (χ0n) is 10.6. The van der Waals surface area contributed by atoms with Crippen molar-refractivity contribution in [2.75, 3.05) is 5.43 Å². The number of nitrogen functional groups attached to an aromatic ring is 1. The molecule has 0 saturated heterocycles. The lowest BCUT2D eigenvalue weighted by atomic mass is 10.1. The van der Waals surface area contributed by atoms with Gasteiger partial charge in [0.2, 0.25) is 0 Å². The number of amides is 1. The zero-order chi connectivity index (χ0) is 13.7. The van der Waals surface area contributed by atoms with Crippen molar-refractivity contribution in [1.29, 1.82) is 0 Å². The maximum absolute atomic E-state index is 12.1. The number of carbonyl (C=O) groups is 1. The first kappa shape index (κ1) is 13.5. The van der Waals surface area contributed by atoms with Crippen LogP contribution in [-0.2, 0) is 6.42 Å². The van der Waals surface area contributed by atoms with Gasteiger partial charge in [-0.15, -0.1) is 0 Å². The topological polar surface area (TPSA) is 80.0 Å². The predicted molar refractivity (Wildman–Crippen MR) is 77.0 cm³/mol. The number of hydrogen-bond acceptors (Lipinski definition) is 5. The van der Waals surface area contributed by atoms with Crippen LogP contribution in [0.2, 0.25) is 0 Å². The molecule has 0 fully saturated rings. The lowest BCUT2D eigenvalue weighted by molar-refractivity contribution is 0.0941. The van der Waals surface area contributed by atoms with E-state index in [1.165, 1.54) is 11.8 Å². The maximum Gasteiger partial charge on any atom is 0.253 e. The standard InChI is InChI=1S/C13H16N4OS/c1-9(6-10-3-5-19-8-10)16-13(18)11-2-4-15-7-12(11)17-14/h2-5,7-9,17H,6,14H2,1H3,(H,16,18). The summed E-state index contributed by atoms with van der Waals surface area (Å²) in [6, 6.07) is 3.76. The molecule has 1 atom stereocenters. The Kier molecular flexibility index (Phi) is 4.48. The van der Waals surface area contributed by atoms with Gasteiger partial charge < -0.3 is 10.7 Å². The summed E-state index contributed by atoms with van der Waals surface area (Å²) in [4.78, 5) is 16.0. The number of rotatable bonds is 5. The summed E-state index contributed by atoms with van der Waals surface area (Å²) >= 11 is 1.66. The summed E-state index contributed by atoms with van der Waals surface area (Å²) in [6.07, 6.45) is 3.91. The second-order valence-electron chi connectivity index (χ2n) is 4.28. The van der Waals surface area contributed by atoms with Crippen LogP contribution >= 0.6 is 11.3 Å². The van der Waals surface area contributed by atoms with Crippen molar-refractivity contribution in [1.82, 2.24) is 10.3 Å². The van der Waals surface area contributed by atoms with Crippen molar-refractivity contribution < 1.29 is 4.79 Å². The first-order chi connectivity index (χ1) is 9.20. The number of nitrogens with zero attached hydrogens (tertiary/aromatic N) is 1. The molecule has 2 heterocycles. The third kappa shape index (κ3) is 3.52. The molecule has 2 aromatic rings. The van der Waals surface area contributed by atoms with Crippen molar-refractivity contribution in [3.05, 3.63) is 46.4 Å². The van der Waals surface area contributed by atoms with Crippen LogP contribution in [0.25, 0.3) is 0 Å². The van der Waals surface area contributed by atoms with Crippen molar-refractivity contribution in [2.45, 2.75) is 19.4 Å². The smallest absolute Gasteiger partial charge is 0.253 e. The SMILES string of the molecule is CC(Cc1ccsc1)NC(=O)c1ccncc1NN. The molecule has 1 amide bonds. The van der Waals surface area contributed by atoms with E-state index in [0.29, 0.717) is 11.3 Å². The average Bonchev–Trinajstić information content (AvgIpc) is 2.91. The van der Waals surface area contributed by atoms with E-state index >= 15 is 0 Å². The Hall–Kier alpha value is -1.92. The number of nitrogens with one attached hydrogen (secondary N) is 2. The van der Waals surface area contributed by atoms with Crippen LogP contribution in [0.5, 0.6) is 0 Å². The second-order valence-corrected chi connectivity index (χ2v) is 5.06. The molecular formula is C13H16N4OS. The van der Waals surface area contributed by atoms with E-state index in [2.05, 4.69) is 27.2 Å². The first-order valence-corrected chi connectivity index (χ1v) is 6.87. The molecule has 0 saturated carbocycles. The van der Waals surface area contributed by atoms with Gasteiger partial charge in [-0.1, -0.05) is 0 Å². The van der Waals surface area contributed by atoms with Gasteiger partial charge in [-0.05, 0) is 41.8 Å². The largest absolute Gasteiger partial charge is 0.349 e. The summed E-state index contributed by atoms with van der Waals surface area (Å²) in [5.41, 5.74) is 4.71. The van der Waals surface area contributed by atoms with E-state index in [4.69, 9.17) is 5.84 Å². The lowest BCUT2D eigenvalue weighted by Gasteiger charge is -2.14. The van der Waals surface area contributed by atoms with Crippen molar-refractivity contribution in [2.24, 2.45) is 5.84 Å². The van der Waals surface area contributed by atoms with Crippen molar-refractivity contribution in [3.63, 3.8) is 0 Å². The van der Waals surface area contributed by atoms with Crippen LogP contribution < -0.4 is 16.6 Å². The Morgan fingerprint density at radius 2 is 2.37 bits per heavy atom. The number of pyridine rings is 1. The van der Waals surface area contributed by atoms with Gasteiger partial charge in [-0.2, -0.15) is 11.3 Å². The summed E-state index contributed by atoms with van der Waals surface area (Å²) in [6.45, 7) is 1.98. The van der Waals surface area contributed by atoms with Crippen LogP contribution in [0.15, 0.2) is 35.3 Å². The molecule has 0 spiro atoms. The van der Waals surface area contributed by atoms with Gasteiger partial charge in [0.15, 0.2) is 0 Å². The molecule has 0 aliphatic carbocycles. The monoisotopic (exact) mass is 276 g/mol. The first-order valence-electron chi connectivity index (χ1n) is 5.93. The third-order valence-corrected chi connectivity index (χ3v) is 3.45. The molecule has 5 nitrogen and oxygen atoms in total. The highest BCUT2D eigenvalue weighted by atomic mass is 32.1. The highest BCUT2D eigenvalue weighted by Gasteiger charge is 2.13. The van der Waals surface area contributed by atoms with Crippen molar-refractivity contribution in [3.8, 4) is 0 Å². The molecule has 100 valence electrons. The second kappa shape index (κ2) is 6.31. The lowest BCUT2D eigenvalue weighted by Crippen LogP contribution is -2.34. The molecule has 1 unspecified atom stereocenters. The predicted octanol–water partition coefficient (Wildman–Crippen LogP) is 1.79. The van der Waals surface area contributed by atoms with E-state index in [1.807, 2.05) is 12.3 Å². The van der Waals surface area contributed by atoms with Crippen molar-refractivity contribution >= 4 is 22.9 Å². The van der Waals surface area contributed by atoms with Crippen LogP contribution in [0.1, 0.15) is 22.8 Å². The Bertz CT molecular complexity index is 541. The van der Waals surface area contributed by atoms with Crippen LogP contribution in [0.3, 0.4) is 0 Å². The van der Waals surface area contributed by atoms with Gasteiger partial charge in [-0.3, -0.25) is 15.6 Å². The molecular weight excluding hydrogens is 260 g/mol. The molecule has 0 radical (unpaired) electrons. The van der Waals surface area contributed by atoms with Gasteiger partial charge in [0.25, 0.3) is 5.91 Å². The normalized spacial score (nSPS) is 11.9. The van der Waals surface area contributed by atoms with E-state index in [-0.39, 0.29) is 11.9 Å². The number of hydrogen-bond donors (Lipinski definition) is 3. The highest BCUT2D eigenvalue weighted by molar-refractivity contribution is 7.07. The quantitative estimate of drug-likeness (QED) is 0.574. The Balaban J connectivity index is 2.00. The Labute approximate surface area is 115 Å². The molecule has 2 rings (SSSR count). The minimum Gasteiger partial charge on any atom is -0.349 e. The van der Waals surface area contributed by atoms with E-state index in [9.17, 15) is 4.79 Å². The van der Waals surface area contributed by atoms with Gasteiger partial charge in [0.05, 0.1) is 17.4 Å². The highest BCUT2D eigenvalue weighted by Crippen LogP contribution is 2.13. The molecule has 0 aromatic carbocycles. The van der Waals surface area contributed by atoms with E-state index < -0.39 is 0 Å². The van der Waals surface area contributed by atoms with Gasteiger partial charge in [0.1, 0.15) is 0 Å². The minimum absolute atomic E-state index is 0.0564. The van der Waals surface area contributed by atoms with Gasteiger partial charge in [-0.25, -0.2) is 0 Å². The molecule has 0 aliphatic heterocycles. The van der Waals surface area contributed by atoms with Crippen LogP contribution in [0.4, 0.5) is 5.69 Å². The number of aromatic nitrogens is 1. The number of carbonyl (C=O) groups excluding carboxylic acids is 1. The molecule has 0 bridgehead atoms. The number of nitrogens with two attached hydrogens (primary N) is 1. The summed E-state index contributed by atoms with van der Waals surface area (Å²) < 4.78 is 0. The van der Waals surface area contributed by atoms with Gasteiger partial charge >= 0.3 is 0 Å². The molecule has 4 N–H and O–H groups in total. The fourth-order valence-electron chi connectivity index (χ4n) is 1.82. The number of anilines is 1. The van der Waals surface area contributed by atoms with E-state index in [0.717, 1.165) is 6.42 Å². The summed E-state index contributed by atoms with van der Waals surface area (Å²) in [5, 5.41) is 7.07. The zero-order valence-corrected chi connectivity index (χ0v) is 11.4. The van der Waals surface area contributed by atoms with Gasteiger partial charge in [0, 0.05) is 12.2 Å². The summed E-state index contributed by atoms with van der Waals surface area (Å²) in [7, 11) is 0. The molecule has 2 aromatic heterocycles. The molecule has 19 heavy (non-hydrogen) atoms. The maximum atomic E-state index is 12.1. The Morgan fingerprint density at radius 3 is 3.05 bits per heavy atom. The fraction of sp³-hybridized carbons (Fsp3) is 0.231. The fourth-order valence-corrected chi connectivity index (χ4v) is 2.50. The molecule has 0 aliphatic rings. The minimum atomic E-state index is -0.155. The number of thiophene rings is 1. The van der Waals surface area contributed by atoms with Crippen LogP contribution in [0, 0.1) is 0 Å². The average molecular weight is 276 g/mol. The third-order valence-electron chi connectivity index (χ3n) is 2.72. The summed E-state index contributed by atoms with van der Waals surface area (Å²) in [5.74, 6) is 5.21. The molecule has 6 heteroatoms. The number of hydrazine groups is 1. The Morgan fingerprint density at radius 1 is 1.53 bits per heavy atom. The van der Waals surface area contributed by atoms with Crippen LogP contribution in [-0.4, -0.2) is 16.9 Å². The van der Waals surface area contributed by atoms with E-state index in [1.54, 1.807) is 23.6 Å².